The van der Waals surface area contributed by atoms with E-state index < -0.39 is 10.0 Å². The second kappa shape index (κ2) is 7.51. The lowest BCUT2D eigenvalue weighted by Crippen LogP contribution is -2.16. The van der Waals surface area contributed by atoms with Crippen molar-refractivity contribution >= 4 is 38.3 Å². The van der Waals surface area contributed by atoms with Gasteiger partial charge in [0.25, 0.3) is 0 Å². The van der Waals surface area contributed by atoms with Gasteiger partial charge < -0.3 is 0 Å². The van der Waals surface area contributed by atoms with Crippen molar-refractivity contribution in [3.8, 4) is 22.3 Å². The summed E-state index contributed by atoms with van der Waals surface area (Å²) in [6.07, 6.45) is 9.71. The summed E-state index contributed by atoms with van der Waals surface area (Å²) in [4.78, 5) is 8.67. The highest BCUT2D eigenvalue weighted by molar-refractivity contribution is 7.90. The Morgan fingerprint density at radius 2 is 1.59 bits per heavy atom. The Bertz CT molecular complexity index is 1800. The summed E-state index contributed by atoms with van der Waals surface area (Å²) < 4.78 is 31.6. The van der Waals surface area contributed by atoms with Crippen LogP contribution in [0.1, 0.15) is 0 Å². The van der Waals surface area contributed by atoms with E-state index in [2.05, 4.69) is 20.2 Å². The molecule has 6 rings (SSSR count). The van der Waals surface area contributed by atoms with Crippen LogP contribution < -0.4 is 0 Å². The molecule has 0 saturated carbocycles. The monoisotopic (exact) mass is 489 g/mol. The predicted octanol–water partition coefficient (Wildman–Crippen LogP) is 4.04. The molecule has 168 valence electrons. The van der Waals surface area contributed by atoms with E-state index in [4.69, 9.17) is 11.6 Å². The quantitative estimate of drug-likeness (QED) is 0.370. The summed E-state index contributed by atoms with van der Waals surface area (Å²) in [5.74, 6) is 0. The minimum absolute atomic E-state index is 0.00454. The van der Waals surface area contributed by atoms with Gasteiger partial charge in [0.05, 0.1) is 18.6 Å². The first-order valence-electron chi connectivity index (χ1n) is 10.2. The van der Waals surface area contributed by atoms with E-state index in [1.54, 1.807) is 51.9 Å². The maximum atomic E-state index is 13.7. The van der Waals surface area contributed by atoms with Gasteiger partial charge in [0.2, 0.25) is 0 Å². The molecular formula is C23H16ClN7O2S. The number of pyridine rings is 2. The summed E-state index contributed by atoms with van der Waals surface area (Å²) in [6.45, 7) is 0. The van der Waals surface area contributed by atoms with Crippen molar-refractivity contribution in [3.63, 3.8) is 0 Å². The van der Waals surface area contributed by atoms with Crippen LogP contribution in [0.2, 0.25) is 5.02 Å². The molecule has 0 radical (unpaired) electrons. The lowest BCUT2D eigenvalue weighted by atomic mass is 10.1. The number of rotatable bonds is 4. The number of hydrogen-bond donors (Lipinski definition) is 0. The molecule has 0 fully saturated rings. The summed E-state index contributed by atoms with van der Waals surface area (Å²) in [6, 6.07) is 12.7. The number of imidazole rings is 1. The number of aryl methyl sites for hydroxylation is 1. The molecule has 0 atom stereocenters. The van der Waals surface area contributed by atoms with Crippen LogP contribution in [0.5, 0.6) is 0 Å². The van der Waals surface area contributed by atoms with E-state index in [1.165, 1.54) is 12.4 Å². The van der Waals surface area contributed by atoms with Gasteiger partial charge in [-0.2, -0.15) is 22.7 Å². The maximum absolute atomic E-state index is 13.7. The van der Waals surface area contributed by atoms with Crippen LogP contribution in [-0.4, -0.2) is 41.8 Å². The average Bonchev–Trinajstić information content (AvgIpc) is 3.56. The van der Waals surface area contributed by atoms with Gasteiger partial charge in [-0.1, -0.05) is 23.7 Å². The van der Waals surface area contributed by atoms with Crippen LogP contribution in [0.4, 0.5) is 0 Å². The normalized spacial score (nSPS) is 12.1. The van der Waals surface area contributed by atoms with Crippen LogP contribution >= 0.6 is 11.6 Å². The number of nitrogens with zero attached hydrogens (tertiary/aromatic N) is 7. The molecule has 5 heterocycles. The predicted molar refractivity (Wildman–Crippen MR) is 128 cm³/mol. The molecule has 0 unspecified atom stereocenters. The molecule has 0 amide bonds. The van der Waals surface area contributed by atoms with Crippen molar-refractivity contribution in [1.82, 2.24) is 33.3 Å². The van der Waals surface area contributed by atoms with Crippen LogP contribution in [0.25, 0.3) is 38.9 Å². The Kier molecular flexibility index (Phi) is 4.54. The van der Waals surface area contributed by atoms with Gasteiger partial charge in [0.15, 0.2) is 5.03 Å². The molecule has 1 aromatic carbocycles. The SMILES string of the molecule is Cn1cc(-c2cnc3cnn(S(=O)(=O)c4cnc5ccc(-c6ccc(Cl)cc6)cn45)c3c2)cn1. The van der Waals surface area contributed by atoms with Gasteiger partial charge in [-0.25, -0.2) is 4.98 Å². The lowest BCUT2D eigenvalue weighted by molar-refractivity contribution is 0.577. The summed E-state index contributed by atoms with van der Waals surface area (Å²) in [7, 11) is -2.27. The molecule has 0 saturated heterocycles. The van der Waals surface area contributed by atoms with Crippen molar-refractivity contribution in [2.24, 2.45) is 7.05 Å². The molecule has 0 aliphatic carbocycles. The molecular weight excluding hydrogens is 474 g/mol. The topological polar surface area (TPSA) is 100.0 Å². The van der Waals surface area contributed by atoms with E-state index in [9.17, 15) is 8.42 Å². The standard InChI is InChI=1S/C23H16ClN7O2S/c1-29-13-18(10-27-29)17-8-21-20(25-9-17)11-28-31(21)34(32,33)23-12-26-22-7-4-16(14-30(22)23)15-2-5-19(24)6-3-15/h2-14H,1H3. The maximum Gasteiger partial charge on any atom is 0.301 e. The first-order chi connectivity index (χ1) is 16.4. The van der Waals surface area contributed by atoms with Crippen molar-refractivity contribution < 1.29 is 8.42 Å². The third kappa shape index (κ3) is 3.27. The van der Waals surface area contributed by atoms with Crippen LogP contribution in [0, 0.1) is 0 Å². The molecule has 6 aromatic rings. The molecule has 0 N–H and O–H groups in total. The van der Waals surface area contributed by atoms with Crippen molar-refractivity contribution in [1.29, 1.82) is 0 Å². The Morgan fingerprint density at radius 1 is 0.794 bits per heavy atom. The van der Waals surface area contributed by atoms with Gasteiger partial charge >= 0.3 is 10.0 Å². The summed E-state index contributed by atoms with van der Waals surface area (Å²) >= 11 is 6.00. The number of benzene rings is 1. The van der Waals surface area contributed by atoms with Crippen LogP contribution in [0.15, 0.2) is 84.7 Å². The van der Waals surface area contributed by atoms with Crippen molar-refractivity contribution in [3.05, 3.63) is 84.7 Å². The number of halogens is 1. The Balaban J connectivity index is 1.50. The zero-order valence-corrected chi connectivity index (χ0v) is 19.3. The van der Waals surface area contributed by atoms with Gasteiger partial charge in [-0.3, -0.25) is 14.1 Å². The van der Waals surface area contributed by atoms with Crippen LogP contribution in [0.3, 0.4) is 0 Å². The highest BCUT2D eigenvalue weighted by atomic mass is 35.5. The van der Waals surface area contributed by atoms with Gasteiger partial charge in [0, 0.05) is 41.8 Å². The largest absolute Gasteiger partial charge is 0.301 e. The van der Waals surface area contributed by atoms with E-state index >= 15 is 0 Å². The molecule has 0 bridgehead atoms. The van der Waals surface area contributed by atoms with E-state index in [0.29, 0.717) is 21.7 Å². The fourth-order valence-electron chi connectivity index (χ4n) is 3.86. The highest BCUT2D eigenvalue weighted by Crippen LogP contribution is 2.27. The summed E-state index contributed by atoms with van der Waals surface area (Å²) in [5, 5.41) is 8.94. The van der Waals surface area contributed by atoms with E-state index in [-0.39, 0.29) is 5.03 Å². The fourth-order valence-corrected chi connectivity index (χ4v) is 5.32. The average molecular weight is 490 g/mol. The first-order valence-corrected chi connectivity index (χ1v) is 12.0. The third-order valence-electron chi connectivity index (χ3n) is 5.57. The second-order valence-electron chi connectivity index (χ2n) is 7.77. The smallest absolute Gasteiger partial charge is 0.288 e. The number of aromatic nitrogens is 7. The Labute approximate surface area is 198 Å². The zero-order chi connectivity index (χ0) is 23.4. The minimum Gasteiger partial charge on any atom is -0.288 e. The zero-order valence-electron chi connectivity index (χ0n) is 17.7. The van der Waals surface area contributed by atoms with Crippen molar-refractivity contribution in [2.75, 3.05) is 0 Å². The van der Waals surface area contributed by atoms with Gasteiger partial charge in [0.1, 0.15) is 16.7 Å². The van der Waals surface area contributed by atoms with Gasteiger partial charge in [-0.15, -0.1) is 0 Å². The first kappa shape index (κ1) is 20.6. The fraction of sp³-hybridized carbons (Fsp3) is 0.0435. The molecule has 34 heavy (non-hydrogen) atoms. The van der Waals surface area contributed by atoms with Crippen LogP contribution in [-0.2, 0) is 17.1 Å². The molecule has 0 aliphatic heterocycles. The molecule has 0 aliphatic rings. The van der Waals surface area contributed by atoms with Crippen molar-refractivity contribution in [2.45, 2.75) is 5.03 Å². The minimum atomic E-state index is -4.08. The van der Waals surface area contributed by atoms with E-state index in [0.717, 1.165) is 26.3 Å². The molecule has 9 nitrogen and oxygen atoms in total. The second-order valence-corrected chi connectivity index (χ2v) is 9.92. The third-order valence-corrected chi connectivity index (χ3v) is 7.40. The molecule has 5 aromatic heterocycles. The lowest BCUT2D eigenvalue weighted by Gasteiger charge is -2.08. The molecule has 0 spiro atoms. The highest BCUT2D eigenvalue weighted by Gasteiger charge is 2.25. The molecule has 11 heteroatoms. The van der Waals surface area contributed by atoms with E-state index in [1.807, 2.05) is 31.4 Å². The Hall–Kier alpha value is -4.02. The number of fused-ring (bicyclic) bond motifs is 2. The number of hydrogen-bond acceptors (Lipinski definition) is 6. The van der Waals surface area contributed by atoms with Gasteiger partial charge in [-0.05, 0) is 41.5 Å². The summed E-state index contributed by atoms with van der Waals surface area (Å²) in [5.41, 5.74) is 4.62. The Morgan fingerprint density at radius 3 is 2.35 bits per heavy atom.